The van der Waals surface area contributed by atoms with Crippen molar-refractivity contribution in [2.45, 2.75) is 18.7 Å². The van der Waals surface area contributed by atoms with Crippen molar-refractivity contribution in [3.8, 4) is 0 Å². The molecule has 8 nitrogen and oxygen atoms in total. The first kappa shape index (κ1) is 13.6. The maximum atomic E-state index is 13.9. The molecular formula is C19H16FNO7S. The number of rotatable bonds is 5. The number of hydrogen-bond donors (Lipinski definition) is 1. The van der Waals surface area contributed by atoms with Gasteiger partial charge in [0.1, 0.15) is 11.5 Å². The number of ether oxygens (including phenoxy) is 1. The Bertz CT molecular complexity index is 1390. The van der Waals surface area contributed by atoms with Crippen LogP contribution in [0.3, 0.4) is 0 Å². The van der Waals surface area contributed by atoms with Gasteiger partial charge in [-0.15, -0.1) is 0 Å². The highest BCUT2D eigenvalue weighted by Crippen LogP contribution is 2.33. The van der Waals surface area contributed by atoms with Crippen LogP contribution in [0.2, 0.25) is 0 Å². The van der Waals surface area contributed by atoms with Gasteiger partial charge in [0.2, 0.25) is 17.4 Å². The number of hydrogen-bond acceptors (Lipinski definition) is 8. The molecule has 0 aromatic heterocycles. The third kappa shape index (κ3) is 5.50. The molecule has 0 saturated carbocycles. The first-order valence-electron chi connectivity index (χ1n) is 11.0. The highest BCUT2D eigenvalue weighted by atomic mass is 32.2. The summed E-state index contributed by atoms with van der Waals surface area (Å²) in [6, 6.07) is -1.33. The van der Waals surface area contributed by atoms with Crippen LogP contribution >= 0.6 is 0 Å². The first-order valence-corrected chi connectivity index (χ1v) is 8.91. The molecule has 29 heavy (non-hydrogen) atoms. The molecule has 10 heteroatoms. The molecule has 2 N–H and O–H groups in total. The monoisotopic (exact) mass is 428 g/mol. The van der Waals surface area contributed by atoms with Gasteiger partial charge in [0.05, 0.1) is 9.60 Å². The van der Waals surface area contributed by atoms with Crippen LogP contribution in [0, 0.1) is 12.7 Å². The van der Waals surface area contributed by atoms with E-state index in [-0.39, 0.29) is 17.3 Å². The van der Waals surface area contributed by atoms with E-state index in [4.69, 9.17) is 29.7 Å². The number of carbonyl (C=O) groups is 1. The number of aryl methyl sites for hydroxylation is 1. The first-order chi connectivity index (χ1) is 16.5. The minimum absolute atomic E-state index is 0.00400. The summed E-state index contributed by atoms with van der Waals surface area (Å²) in [6.45, 7) is 1.48. The summed E-state index contributed by atoms with van der Waals surface area (Å²) >= 11 is 0. The van der Waals surface area contributed by atoms with Gasteiger partial charge in [0.15, 0.2) is 6.10 Å². The Hall–Kier alpha value is -3.49. The van der Waals surface area contributed by atoms with Gasteiger partial charge in [0.25, 0.3) is 0 Å². The maximum absolute atomic E-state index is 13.9. The van der Waals surface area contributed by atoms with Crippen molar-refractivity contribution in [3.05, 3.63) is 82.6 Å². The lowest BCUT2D eigenvalue weighted by molar-refractivity contribution is -0.191. The number of Topliss-reactive ketones (excluding diaryl/α,β-unsaturated/α-hetero) is 1. The lowest BCUT2D eigenvalue weighted by atomic mass is 10.0. The Balaban J connectivity index is 0.00000145. The van der Waals surface area contributed by atoms with Crippen molar-refractivity contribution in [2.24, 2.45) is 5.73 Å². The molecule has 0 bridgehead atoms. The molecule has 3 rings (SSSR count). The molecular weight excluding hydrogens is 405 g/mol. The highest BCUT2D eigenvalue weighted by Gasteiger charge is 2.39. The van der Waals surface area contributed by atoms with E-state index < -0.39 is 80.9 Å². The largest absolute Gasteiger partial charge is 0.460 e. The van der Waals surface area contributed by atoms with Crippen LogP contribution in [0.4, 0.5) is 4.39 Å². The van der Waals surface area contributed by atoms with Crippen LogP contribution in [-0.4, -0.2) is 20.4 Å². The third-order valence-corrected chi connectivity index (χ3v) is 4.19. The lowest BCUT2D eigenvalue weighted by Gasteiger charge is -2.10. The molecule has 0 amide bonds. The van der Waals surface area contributed by atoms with Gasteiger partial charge in [-0.25, -0.2) is 4.39 Å². The Morgan fingerprint density at radius 2 is 1.93 bits per heavy atom. The fraction of sp³-hybridized carbons (Fsp3) is 0.158. The Labute approximate surface area is 175 Å². The standard InChI is InChI=1S/C18H16FNO5S.CO2/c1-11-7-8-13(9-14(11)19)16-15(21)17(18(20)24-16)25-26(22,23)10-12-5-3-2-4-6-12;2-1-3/h2-9,16H,10,20H2,1H3;/i2D,3D,4D,5D,6D,10D2;. The summed E-state index contributed by atoms with van der Waals surface area (Å²) in [5.74, 6) is -3.71. The summed E-state index contributed by atoms with van der Waals surface area (Å²) < 4.78 is 104. The lowest BCUT2D eigenvalue weighted by Crippen LogP contribution is -2.16. The van der Waals surface area contributed by atoms with Crippen molar-refractivity contribution >= 4 is 22.1 Å². The fourth-order valence-electron chi connectivity index (χ4n) is 2.10. The molecule has 152 valence electrons. The van der Waals surface area contributed by atoms with Gasteiger partial charge in [-0.2, -0.15) is 18.0 Å². The zero-order valence-electron chi connectivity index (χ0n) is 21.5. The molecule has 1 unspecified atom stereocenters. The Morgan fingerprint density at radius 1 is 1.31 bits per heavy atom. The summed E-state index contributed by atoms with van der Waals surface area (Å²) in [7, 11) is -5.52. The second-order valence-electron chi connectivity index (χ2n) is 5.29. The van der Waals surface area contributed by atoms with E-state index in [1.54, 1.807) is 0 Å². The van der Waals surface area contributed by atoms with Crippen molar-refractivity contribution in [3.63, 3.8) is 0 Å². The molecule has 0 saturated heterocycles. The Kier molecular flexibility index (Phi) is 4.30. The van der Waals surface area contributed by atoms with Gasteiger partial charge in [-0.05, 0) is 24.1 Å². The number of halogens is 1. The molecule has 2 aromatic rings. The molecule has 0 radical (unpaired) electrons. The molecule has 1 heterocycles. The SMILES string of the molecule is O=C=O.[2H]c1c([2H])c([2H])c(C([2H])([2H])S(=O)(=O)OC2=C(N)OC(c3ccc(C)c(F)c3)C2=O)c([2H])c1[2H]. The number of ketones is 1. The second kappa shape index (κ2) is 9.13. The van der Waals surface area contributed by atoms with Gasteiger partial charge >= 0.3 is 16.3 Å². The second-order valence-corrected chi connectivity index (χ2v) is 6.57. The van der Waals surface area contributed by atoms with E-state index in [9.17, 15) is 17.6 Å². The summed E-state index contributed by atoms with van der Waals surface area (Å²) in [6.07, 6.45) is -1.31. The van der Waals surface area contributed by atoms with Crippen molar-refractivity contribution < 1.29 is 45.7 Å². The molecule has 0 spiro atoms. The quantitative estimate of drug-likeness (QED) is 0.715. The van der Waals surface area contributed by atoms with Crippen LogP contribution in [0.25, 0.3) is 0 Å². The van der Waals surface area contributed by atoms with Crippen molar-refractivity contribution in [2.75, 3.05) is 0 Å². The van der Waals surface area contributed by atoms with E-state index in [2.05, 4.69) is 4.18 Å². The number of benzene rings is 2. The molecule has 0 fully saturated rings. The minimum Gasteiger partial charge on any atom is -0.460 e. The van der Waals surface area contributed by atoms with Crippen LogP contribution in [0.15, 0.2) is 60.1 Å². The van der Waals surface area contributed by atoms with E-state index in [0.29, 0.717) is 0 Å². The number of nitrogens with two attached hydrogens (primary N) is 1. The van der Waals surface area contributed by atoms with Crippen molar-refractivity contribution in [1.82, 2.24) is 0 Å². The highest BCUT2D eigenvalue weighted by molar-refractivity contribution is 7.86. The van der Waals surface area contributed by atoms with E-state index in [0.717, 1.165) is 6.07 Å². The van der Waals surface area contributed by atoms with Crippen LogP contribution < -0.4 is 5.73 Å². The van der Waals surface area contributed by atoms with Gasteiger partial charge in [-0.3, -0.25) is 4.79 Å². The zero-order chi connectivity index (χ0) is 27.7. The summed E-state index contributed by atoms with van der Waals surface area (Å²) in [5, 5.41) is 0. The Morgan fingerprint density at radius 3 is 2.52 bits per heavy atom. The van der Waals surface area contributed by atoms with E-state index in [1.807, 2.05) is 0 Å². The smallest absolute Gasteiger partial charge is 0.373 e. The van der Waals surface area contributed by atoms with Crippen LogP contribution in [0.5, 0.6) is 0 Å². The van der Waals surface area contributed by atoms with Crippen LogP contribution in [0.1, 0.15) is 32.4 Å². The van der Waals surface area contributed by atoms with Gasteiger partial charge in [-0.1, -0.05) is 42.3 Å². The molecule has 1 atom stereocenters. The molecule has 2 aromatic carbocycles. The average molecular weight is 428 g/mol. The van der Waals surface area contributed by atoms with Gasteiger partial charge in [0, 0.05) is 5.56 Å². The zero-order valence-corrected chi connectivity index (χ0v) is 15.3. The fourth-order valence-corrected chi connectivity index (χ4v) is 2.88. The number of carbonyl (C=O) groups excluding carboxylic acids is 3. The predicted octanol–water partition coefficient (Wildman–Crippen LogP) is 1.87. The maximum Gasteiger partial charge on any atom is 0.373 e. The van der Waals surface area contributed by atoms with E-state index >= 15 is 0 Å². The van der Waals surface area contributed by atoms with Crippen molar-refractivity contribution in [1.29, 1.82) is 0 Å². The third-order valence-electron chi connectivity index (χ3n) is 3.35. The summed E-state index contributed by atoms with van der Waals surface area (Å²) in [4.78, 5) is 28.9. The van der Waals surface area contributed by atoms with Crippen LogP contribution in [-0.2, 0) is 39.1 Å². The predicted molar refractivity (Wildman–Crippen MR) is 96.3 cm³/mol. The normalized spacial score (nSPS) is 19.7. The molecule has 0 aliphatic carbocycles. The van der Waals surface area contributed by atoms with E-state index in [1.165, 1.54) is 19.1 Å². The minimum atomic E-state index is -5.52. The average Bonchev–Trinajstić information content (AvgIpc) is 3.06. The molecule has 1 aliphatic rings. The van der Waals surface area contributed by atoms with Gasteiger partial charge < -0.3 is 14.7 Å². The molecule has 1 aliphatic heterocycles. The summed E-state index contributed by atoms with van der Waals surface area (Å²) in [5.41, 5.74) is 0.920. The topological polar surface area (TPSA) is 130 Å².